The molecule has 1 atom stereocenters. The third-order valence-electron chi connectivity index (χ3n) is 4.68. The van der Waals surface area contributed by atoms with Crippen LogP contribution in [-0.2, 0) is 16.4 Å². The molecule has 5 nitrogen and oxygen atoms in total. The Morgan fingerprint density at radius 3 is 2.59 bits per heavy atom. The Labute approximate surface area is 159 Å². The van der Waals surface area contributed by atoms with E-state index in [2.05, 4.69) is 12.2 Å². The van der Waals surface area contributed by atoms with Gasteiger partial charge < -0.3 is 5.32 Å². The van der Waals surface area contributed by atoms with Crippen LogP contribution in [-0.4, -0.2) is 26.9 Å². The van der Waals surface area contributed by atoms with Crippen molar-refractivity contribution in [2.24, 2.45) is 0 Å². The molecule has 1 aliphatic heterocycles. The van der Waals surface area contributed by atoms with Gasteiger partial charge in [-0.25, -0.2) is 12.8 Å². The minimum Gasteiger partial charge on any atom is -0.352 e. The van der Waals surface area contributed by atoms with Gasteiger partial charge in [-0.3, -0.25) is 9.10 Å². The molecule has 1 amide bonds. The Balaban J connectivity index is 1.89. The van der Waals surface area contributed by atoms with Crippen LogP contribution < -0.4 is 9.62 Å². The summed E-state index contributed by atoms with van der Waals surface area (Å²) in [5.74, 6) is -0.638. The van der Waals surface area contributed by atoms with Crippen molar-refractivity contribution >= 4 is 21.6 Å². The van der Waals surface area contributed by atoms with Crippen molar-refractivity contribution in [3.8, 4) is 0 Å². The third kappa shape index (κ3) is 3.83. The van der Waals surface area contributed by atoms with Gasteiger partial charge in [0.25, 0.3) is 15.9 Å². The Morgan fingerprint density at radius 2 is 1.93 bits per heavy atom. The number of sulfonamides is 1. The van der Waals surface area contributed by atoms with Crippen LogP contribution in [0.25, 0.3) is 0 Å². The van der Waals surface area contributed by atoms with Crippen molar-refractivity contribution in [2.45, 2.75) is 44.0 Å². The predicted molar refractivity (Wildman–Crippen MR) is 103 cm³/mol. The van der Waals surface area contributed by atoms with Gasteiger partial charge in [0.2, 0.25) is 0 Å². The molecule has 0 radical (unpaired) electrons. The number of hydrogen-bond acceptors (Lipinski definition) is 3. The molecule has 1 heterocycles. The Bertz CT molecular complexity index is 942. The first-order valence-electron chi connectivity index (χ1n) is 9.05. The van der Waals surface area contributed by atoms with Crippen LogP contribution in [0.15, 0.2) is 47.4 Å². The van der Waals surface area contributed by atoms with E-state index in [0.29, 0.717) is 24.2 Å². The van der Waals surface area contributed by atoms with Crippen LogP contribution in [0, 0.1) is 5.82 Å². The van der Waals surface area contributed by atoms with Gasteiger partial charge in [-0.15, -0.1) is 0 Å². The number of anilines is 1. The van der Waals surface area contributed by atoms with Gasteiger partial charge in [-0.1, -0.05) is 13.3 Å². The molecule has 1 N–H and O–H groups in total. The zero-order valence-corrected chi connectivity index (χ0v) is 16.2. The lowest BCUT2D eigenvalue weighted by Crippen LogP contribution is -2.35. The van der Waals surface area contributed by atoms with E-state index in [1.807, 2.05) is 6.92 Å². The molecule has 0 aromatic heterocycles. The Kier molecular flexibility index (Phi) is 5.51. The molecule has 7 heteroatoms. The second-order valence-corrected chi connectivity index (χ2v) is 8.58. The number of carbonyl (C=O) groups excluding carboxylic acids is 1. The van der Waals surface area contributed by atoms with Crippen LogP contribution in [0.1, 0.15) is 42.6 Å². The summed E-state index contributed by atoms with van der Waals surface area (Å²) >= 11 is 0. The number of hydrogen-bond donors (Lipinski definition) is 1. The summed E-state index contributed by atoms with van der Waals surface area (Å²) in [5, 5.41) is 2.87. The summed E-state index contributed by atoms with van der Waals surface area (Å²) in [4.78, 5) is 12.3. The standard InChI is InChI=1S/C20H23FN2O3S/c1-3-4-11-22-20(24)15-5-10-19-16(13-15)12-14(2)23(19)27(25,26)18-8-6-17(21)7-9-18/h5-10,13-14H,3-4,11-12H2,1-2H3,(H,22,24)/t14-/m0/s1. The highest BCUT2D eigenvalue weighted by Gasteiger charge is 2.36. The lowest BCUT2D eigenvalue weighted by atomic mass is 10.1. The number of nitrogens with one attached hydrogen (secondary N) is 1. The number of fused-ring (bicyclic) bond motifs is 1. The summed E-state index contributed by atoms with van der Waals surface area (Å²) in [5.41, 5.74) is 1.91. The fourth-order valence-electron chi connectivity index (χ4n) is 3.31. The topological polar surface area (TPSA) is 66.5 Å². The first kappa shape index (κ1) is 19.4. The minimum atomic E-state index is -3.80. The molecular formula is C20H23FN2O3S. The van der Waals surface area contributed by atoms with E-state index in [0.717, 1.165) is 30.5 Å². The van der Waals surface area contributed by atoms with E-state index in [-0.39, 0.29) is 16.8 Å². The average molecular weight is 390 g/mol. The van der Waals surface area contributed by atoms with E-state index in [4.69, 9.17) is 0 Å². The second-order valence-electron chi connectivity index (χ2n) is 6.76. The van der Waals surface area contributed by atoms with Gasteiger partial charge in [0.15, 0.2) is 0 Å². The molecule has 27 heavy (non-hydrogen) atoms. The number of carbonyl (C=O) groups is 1. The van der Waals surface area contributed by atoms with Crippen LogP contribution in [0.3, 0.4) is 0 Å². The van der Waals surface area contributed by atoms with Gasteiger partial charge in [-0.05, 0) is 67.8 Å². The van der Waals surface area contributed by atoms with Gasteiger partial charge in [0.1, 0.15) is 5.82 Å². The van der Waals surface area contributed by atoms with Crippen LogP contribution in [0.2, 0.25) is 0 Å². The summed E-state index contributed by atoms with van der Waals surface area (Å²) in [6, 6.07) is 9.60. The minimum absolute atomic E-state index is 0.0463. The molecule has 0 aliphatic carbocycles. The van der Waals surface area contributed by atoms with Crippen LogP contribution in [0.5, 0.6) is 0 Å². The molecular weight excluding hydrogens is 367 g/mol. The molecule has 2 aromatic rings. The van der Waals surface area contributed by atoms with Gasteiger partial charge in [0, 0.05) is 18.2 Å². The van der Waals surface area contributed by atoms with E-state index in [9.17, 15) is 17.6 Å². The Hall–Kier alpha value is -2.41. The van der Waals surface area contributed by atoms with Crippen molar-refractivity contribution in [1.82, 2.24) is 5.32 Å². The van der Waals surface area contributed by atoms with E-state index in [1.54, 1.807) is 18.2 Å². The molecule has 144 valence electrons. The molecule has 0 unspecified atom stereocenters. The maximum atomic E-state index is 13.2. The smallest absolute Gasteiger partial charge is 0.264 e. The first-order chi connectivity index (χ1) is 12.8. The quantitative estimate of drug-likeness (QED) is 0.768. The highest BCUT2D eigenvalue weighted by Crippen LogP contribution is 2.37. The van der Waals surface area contributed by atoms with E-state index in [1.165, 1.54) is 16.4 Å². The highest BCUT2D eigenvalue weighted by molar-refractivity contribution is 7.92. The van der Waals surface area contributed by atoms with E-state index < -0.39 is 15.8 Å². The monoisotopic (exact) mass is 390 g/mol. The SMILES string of the molecule is CCCCNC(=O)c1ccc2c(c1)C[C@H](C)N2S(=O)(=O)c1ccc(F)cc1. The molecule has 0 saturated heterocycles. The maximum Gasteiger partial charge on any atom is 0.264 e. The van der Waals surface area contributed by atoms with Gasteiger partial charge in [-0.2, -0.15) is 0 Å². The fourth-order valence-corrected chi connectivity index (χ4v) is 5.00. The van der Waals surface area contributed by atoms with Crippen molar-refractivity contribution in [1.29, 1.82) is 0 Å². The number of halogens is 1. The van der Waals surface area contributed by atoms with Gasteiger partial charge >= 0.3 is 0 Å². The van der Waals surface area contributed by atoms with Crippen molar-refractivity contribution < 1.29 is 17.6 Å². The number of rotatable bonds is 6. The lowest BCUT2D eigenvalue weighted by molar-refractivity contribution is 0.0953. The molecule has 0 fully saturated rings. The zero-order chi connectivity index (χ0) is 19.6. The fraction of sp³-hybridized carbons (Fsp3) is 0.350. The number of unbranched alkanes of at least 4 members (excludes halogenated alkanes) is 1. The summed E-state index contributed by atoms with van der Waals surface area (Å²) < 4.78 is 40.6. The lowest BCUT2D eigenvalue weighted by Gasteiger charge is -2.24. The van der Waals surface area contributed by atoms with Crippen LogP contribution in [0.4, 0.5) is 10.1 Å². The third-order valence-corrected chi connectivity index (χ3v) is 6.62. The number of benzene rings is 2. The van der Waals surface area contributed by atoms with Crippen molar-refractivity contribution in [3.63, 3.8) is 0 Å². The normalized spacial score (nSPS) is 16.3. The maximum absolute atomic E-state index is 13.2. The molecule has 3 rings (SSSR count). The molecule has 2 aromatic carbocycles. The summed E-state index contributed by atoms with van der Waals surface area (Å²) in [6.45, 7) is 4.50. The molecule has 0 bridgehead atoms. The first-order valence-corrected chi connectivity index (χ1v) is 10.5. The average Bonchev–Trinajstić information content (AvgIpc) is 2.97. The molecule has 0 saturated carbocycles. The van der Waals surface area contributed by atoms with E-state index >= 15 is 0 Å². The molecule has 1 aliphatic rings. The summed E-state index contributed by atoms with van der Waals surface area (Å²) in [6.07, 6.45) is 2.43. The number of amides is 1. The van der Waals surface area contributed by atoms with Crippen molar-refractivity contribution in [3.05, 3.63) is 59.4 Å². The zero-order valence-electron chi connectivity index (χ0n) is 15.4. The van der Waals surface area contributed by atoms with Crippen LogP contribution >= 0.6 is 0 Å². The largest absolute Gasteiger partial charge is 0.352 e. The number of nitrogens with zero attached hydrogens (tertiary/aromatic N) is 1. The van der Waals surface area contributed by atoms with Gasteiger partial charge in [0.05, 0.1) is 10.6 Å². The predicted octanol–water partition coefficient (Wildman–Crippen LogP) is 3.50. The Morgan fingerprint density at radius 1 is 1.22 bits per heavy atom. The highest BCUT2D eigenvalue weighted by atomic mass is 32.2. The summed E-state index contributed by atoms with van der Waals surface area (Å²) in [7, 11) is -3.80. The van der Waals surface area contributed by atoms with Crippen molar-refractivity contribution in [2.75, 3.05) is 10.8 Å². The molecule has 0 spiro atoms. The second kappa shape index (κ2) is 7.68.